The van der Waals surface area contributed by atoms with Gasteiger partial charge in [0.05, 0.1) is 39.0 Å². The van der Waals surface area contributed by atoms with Crippen molar-refractivity contribution >= 4 is 40.1 Å². The number of benzene rings is 3. The maximum absolute atomic E-state index is 13.8. The fourth-order valence-electron chi connectivity index (χ4n) is 3.73. The molecule has 0 spiro atoms. The molecule has 4 rings (SSSR count). The van der Waals surface area contributed by atoms with Crippen LogP contribution in [0.25, 0.3) is 16.6 Å². The summed E-state index contributed by atoms with van der Waals surface area (Å²) in [5, 5.41) is 12.4. The van der Waals surface area contributed by atoms with Crippen molar-refractivity contribution in [1.29, 1.82) is 0 Å². The van der Waals surface area contributed by atoms with Crippen LogP contribution < -0.4 is 48.9 Å². The topological polar surface area (TPSA) is 111 Å². The molecular weight excluding hydrogens is 491 g/mol. The molecule has 0 radical (unpaired) electrons. The number of carbonyl (C=O) groups excluding carboxylic acids is 2. The molecule has 0 atom stereocenters. The molecule has 0 amide bonds. The van der Waals surface area contributed by atoms with E-state index < -0.39 is 11.8 Å². The Hall–Kier alpha value is -3.24. The molecule has 0 saturated heterocycles. The third kappa shape index (κ3) is 5.76. The molecule has 0 saturated carbocycles. The van der Waals surface area contributed by atoms with Gasteiger partial charge in [-0.3, -0.25) is 4.79 Å². The Morgan fingerprint density at radius 1 is 0.806 bits per heavy atom. The van der Waals surface area contributed by atoms with Gasteiger partial charge in [0, 0.05) is 23.1 Å². The Kier molecular flexibility index (Phi) is 9.22. The van der Waals surface area contributed by atoms with Gasteiger partial charge in [-0.05, 0) is 53.6 Å². The smallest absolute Gasteiger partial charge is 0.545 e. The number of carboxylic acids is 1. The van der Waals surface area contributed by atoms with Crippen LogP contribution in [0.3, 0.4) is 0 Å². The molecule has 0 aliphatic heterocycles. The number of fused-ring (bicyclic) bond motifs is 1. The summed E-state index contributed by atoms with van der Waals surface area (Å²) in [5.74, 6) is -0.493. The van der Waals surface area contributed by atoms with E-state index in [-0.39, 0.29) is 52.7 Å². The number of carboxylic acid groups (broad SMARTS) is 1. The molecule has 0 bridgehead atoms. The van der Waals surface area contributed by atoms with E-state index in [0.29, 0.717) is 33.8 Å². The molecule has 0 aliphatic rings. The number of rotatable bonds is 9. The van der Waals surface area contributed by atoms with Gasteiger partial charge < -0.3 is 24.1 Å². The zero-order valence-corrected chi connectivity index (χ0v) is 23.0. The minimum atomic E-state index is -1.47. The van der Waals surface area contributed by atoms with Gasteiger partial charge in [-0.2, -0.15) is 8.75 Å². The predicted molar refractivity (Wildman–Crippen MR) is 130 cm³/mol. The third-order valence-electron chi connectivity index (χ3n) is 5.51. The van der Waals surface area contributed by atoms with Crippen molar-refractivity contribution in [2.24, 2.45) is 0 Å². The summed E-state index contributed by atoms with van der Waals surface area (Å²) in [7, 11) is 4.51. The summed E-state index contributed by atoms with van der Waals surface area (Å²) in [6, 6.07) is 16.6. The maximum atomic E-state index is 13.8. The minimum Gasteiger partial charge on any atom is -0.545 e. The fraction of sp³-hybridized carbons (Fsp3) is 0.154. The van der Waals surface area contributed by atoms with Crippen molar-refractivity contribution in [1.82, 2.24) is 8.75 Å². The standard InChI is InChI=1S/C26H22N2O6S.Na/c1-32-18-8-4-15(5-9-18)12-19(25(29)17-7-11-22(33-2)23(14-17)34-3)24(26(30)31)16-6-10-20-21(13-16)28-35-27-20;/h4-11,13-14H,12H2,1-3H3,(H,30,31);/q;+1/p-1/b24-19+;. The number of aliphatic carboxylic acids is 1. The van der Waals surface area contributed by atoms with Crippen LogP contribution in [0.4, 0.5) is 0 Å². The first-order valence-corrected chi connectivity index (χ1v) is 11.2. The first-order chi connectivity index (χ1) is 16.9. The molecule has 4 aromatic rings. The number of carbonyl (C=O) groups is 2. The number of ether oxygens (including phenoxy) is 3. The zero-order chi connectivity index (χ0) is 24.9. The van der Waals surface area contributed by atoms with Gasteiger partial charge in [-0.15, -0.1) is 0 Å². The van der Waals surface area contributed by atoms with E-state index in [0.717, 1.165) is 17.3 Å². The number of Topliss-reactive ketones (excluding diaryl/α,β-unsaturated/α-hetero) is 1. The fourth-order valence-corrected chi connectivity index (χ4v) is 4.25. The second-order valence-corrected chi connectivity index (χ2v) is 8.06. The summed E-state index contributed by atoms with van der Waals surface area (Å²) in [6.07, 6.45) is 0.0494. The molecule has 8 nitrogen and oxygen atoms in total. The van der Waals surface area contributed by atoms with E-state index in [1.807, 2.05) is 0 Å². The molecule has 0 aliphatic carbocycles. The van der Waals surface area contributed by atoms with E-state index in [1.54, 1.807) is 61.7 Å². The van der Waals surface area contributed by atoms with Crippen molar-refractivity contribution in [2.75, 3.05) is 21.3 Å². The Morgan fingerprint density at radius 3 is 2.11 bits per heavy atom. The third-order valence-corrected chi connectivity index (χ3v) is 6.06. The van der Waals surface area contributed by atoms with Crippen LogP contribution >= 0.6 is 11.7 Å². The average molecular weight is 513 g/mol. The first-order valence-electron chi connectivity index (χ1n) is 10.5. The molecule has 3 aromatic carbocycles. The number of allylic oxidation sites excluding steroid dienone is 1. The van der Waals surface area contributed by atoms with Crippen LogP contribution in [0.5, 0.6) is 17.2 Å². The molecule has 0 unspecified atom stereocenters. The normalized spacial score (nSPS) is 11.3. The van der Waals surface area contributed by atoms with Crippen molar-refractivity contribution in [2.45, 2.75) is 6.42 Å². The number of aromatic nitrogens is 2. The zero-order valence-electron chi connectivity index (χ0n) is 20.2. The summed E-state index contributed by atoms with van der Waals surface area (Å²) < 4.78 is 24.2. The van der Waals surface area contributed by atoms with Crippen LogP contribution in [0.15, 0.2) is 66.2 Å². The Morgan fingerprint density at radius 2 is 1.47 bits per heavy atom. The Labute approximate surface area is 234 Å². The molecule has 36 heavy (non-hydrogen) atoms. The van der Waals surface area contributed by atoms with Gasteiger partial charge in [-0.25, -0.2) is 0 Å². The molecule has 1 heterocycles. The average Bonchev–Trinajstić information content (AvgIpc) is 3.35. The number of hydrogen-bond acceptors (Lipinski definition) is 9. The molecular formula is C26H21N2NaO6S. The number of nitrogens with zero attached hydrogens (tertiary/aromatic N) is 2. The van der Waals surface area contributed by atoms with Gasteiger partial charge in [-0.1, -0.05) is 18.2 Å². The van der Waals surface area contributed by atoms with E-state index in [1.165, 1.54) is 20.3 Å². The van der Waals surface area contributed by atoms with E-state index in [4.69, 9.17) is 14.2 Å². The van der Waals surface area contributed by atoms with Crippen LogP contribution in [0.2, 0.25) is 0 Å². The second kappa shape index (κ2) is 12.1. The second-order valence-electron chi connectivity index (χ2n) is 7.53. The number of hydrogen-bond donors (Lipinski definition) is 0. The molecule has 1 aromatic heterocycles. The van der Waals surface area contributed by atoms with Gasteiger partial charge >= 0.3 is 29.6 Å². The van der Waals surface area contributed by atoms with Crippen molar-refractivity contribution < 1.29 is 58.5 Å². The minimum absolute atomic E-state index is 0. The van der Waals surface area contributed by atoms with E-state index in [9.17, 15) is 14.7 Å². The Balaban J connectivity index is 0.00000361. The van der Waals surface area contributed by atoms with Crippen molar-refractivity contribution in [3.05, 3.63) is 82.9 Å². The number of ketones is 1. The SMILES string of the molecule is COc1ccc(C/C(C(=O)c2ccc(OC)c(OC)c2)=C(\C(=O)[O-])c2ccc3nsnc3c2)cc1.[Na+]. The quantitative estimate of drug-likeness (QED) is 0.180. The predicted octanol–water partition coefficient (Wildman–Crippen LogP) is 0.350. The van der Waals surface area contributed by atoms with Crippen LogP contribution in [0, 0.1) is 0 Å². The van der Waals surface area contributed by atoms with Crippen LogP contribution in [-0.2, 0) is 11.2 Å². The largest absolute Gasteiger partial charge is 1.00 e. The first kappa shape index (κ1) is 27.3. The maximum Gasteiger partial charge on any atom is 1.00 e. The van der Waals surface area contributed by atoms with Gasteiger partial charge in [0.15, 0.2) is 17.3 Å². The molecule has 178 valence electrons. The van der Waals surface area contributed by atoms with E-state index in [2.05, 4.69) is 8.75 Å². The summed E-state index contributed by atoms with van der Waals surface area (Å²) >= 11 is 1.02. The summed E-state index contributed by atoms with van der Waals surface area (Å²) in [5.41, 5.74) is 2.31. The molecule has 0 fully saturated rings. The van der Waals surface area contributed by atoms with E-state index >= 15 is 0 Å². The Bertz CT molecular complexity index is 1430. The van der Waals surface area contributed by atoms with Crippen LogP contribution in [0.1, 0.15) is 21.5 Å². The van der Waals surface area contributed by atoms with Gasteiger partial charge in [0.1, 0.15) is 16.8 Å². The molecule has 10 heteroatoms. The van der Waals surface area contributed by atoms with Gasteiger partial charge in [0.2, 0.25) is 0 Å². The number of methoxy groups -OCH3 is 3. The summed E-state index contributed by atoms with van der Waals surface area (Å²) in [6.45, 7) is 0. The molecule has 0 N–H and O–H groups in total. The van der Waals surface area contributed by atoms with Crippen molar-refractivity contribution in [3.8, 4) is 17.2 Å². The van der Waals surface area contributed by atoms with Crippen LogP contribution in [-0.4, -0.2) is 41.8 Å². The summed E-state index contributed by atoms with van der Waals surface area (Å²) in [4.78, 5) is 26.2. The van der Waals surface area contributed by atoms with Gasteiger partial charge in [0.25, 0.3) is 0 Å². The van der Waals surface area contributed by atoms with Crippen molar-refractivity contribution in [3.63, 3.8) is 0 Å². The monoisotopic (exact) mass is 512 g/mol.